The molecule has 0 atom stereocenters. The zero-order valence-electron chi connectivity index (χ0n) is 19.1. The predicted octanol–water partition coefficient (Wildman–Crippen LogP) is 8.63. The van der Waals surface area contributed by atoms with Crippen LogP contribution in [-0.4, -0.2) is 9.55 Å². The first kappa shape index (κ1) is 20.3. The molecule has 0 aliphatic carbocycles. The van der Waals surface area contributed by atoms with E-state index in [1.807, 2.05) is 11.8 Å². The van der Waals surface area contributed by atoms with E-state index >= 15 is 0 Å². The minimum Gasteiger partial charge on any atom is -0.294 e. The highest BCUT2D eigenvalue weighted by Gasteiger charge is 2.22. The molecule has 0 saturated heterocycles. The molecule has 35 heavy (non-hydrogen) atoms. The van der Waals surface area contributed by atoms with Gasteiger partial charge in [-0.05, 0) is 57.6 Å². The van der Waals surface area contributed by atoms with Crippen molar-refractivity contribution in [1.29, 1.82) is 0 Å². The monoisotopic (exact) mass is 466 g/mol. The van der Waals surface area contributed by atoms with Gasteiger partial charge in [-0.25, -0.2) is 4.98 Å². The van der Waals surface area contributed by atoms with Crippen molar-refractivity contribution < 1.29 is 0 Å². The molecule has 0 amide bonds. The van der Waals surface area contributed by atoms with Gasteiger partial charge in [0.1, 0.15) is 5.82 Å². The smallest absolute Gasteiger partial charge is 0.124 e. The maximum absolute atomic E-state index is 4.93. The Hall–Kier alpha value is -4.08. The number of nitrogens with zero attached hydrogens (tertiary/aromatic N) is 2. The molecule has 0 unspecified atom stereocenters. The summed E-state index contributed by atoms with van der Waals surface area (Å²) in [5, 5.41) is 0. The van der Waals surface area contributed by atoms with Crippen molar-refractivity contribution in [3.63, 3.8) is 0 Å². The zero-order chi connectivity index (χ0) is 23.2. The summed E-state index contributed by atoms with van der Waals surface area (Å²) in [7, 11) is 0. The van der Waals surface area contributed by atoms with Crippen LogP contribution in [0.25, 0.3) is 50.1 Å². The number of para-hydroxylation sites is 2. The van der Waals surface area contributed by atoms with Crippen LogP contribution in [0.15, 0.2) is 126 Å². The Morgan fingerprint density at radius 1 is 0.600 bits per heavy atom. The summed E-state index contributed by atoms with van der Waals surface area (Å²) in [6.45, 7) is 0. The lowest BCUT2D eigenvalue weighted by atomic mass is 9.87. The molecule has 1 aliphatic heterocycles. The summed E-state index contributed by atoms with van der Waals surface area (Å²) < 4.78 is 2.35. The Kier molecular flexibility index (Phi) is 4.81. The predicted molar refractivity (Wildman–Crippen MR) is 147 cm³/mol. The van der Waals surface area contributed by atoms with Gasteiger partial charge in [-0.15, -0.1) is 11.8 Å². The van der Waals surface area contributed by atoms with E-state index in [-0.39, 0.29) is 0 Å². The molecule has 0 bridgehead atoms. The summed E-state index contributed by atoms with van der Waals surface area (Å²) in [5.41, 5.74) is 10.8. The van der Waals surface area contributed by atoms with Crippen LogP contribution in [0.3, 0.4) is 0 Å². The van der Waals surface area contributed by atoms with E-state index in [4.69, 9.17) is 4.98 Å². The Labute approximate surface area is 208 Å². The number of benzene rings is 5. The molecular formula is C32H22N2S. The largest absolute Gasteiger partial charge is 0.294 e. The van der Waals surface area contributed by atoms with Gasteiger partial charge in [0.05, 0.1) is 22.5 Å². The van der Waals surface area contributed by atoms with E-state index in [9.17, 15) is 0 Å². The van der Waals surface area contributed by atoms with Crippen molar-refractivity contribution in [2.45, 2.75) is 10.6 Å². The maximum atomic E-state index is 4.93. The maximum Gasteiger partial charge on any atom is 0.124 e. The molecule has 2 heterocycles. The summed E-state index contributed by atoms with van der Waals surface area (Å²) >= 11 is 1.87. The fourth-order valence-electron chi connectivity index (χ4n) is 5.13. The molecule has 2 nitrogen and oxygen atoms in total. The van der Waals surface area contributed by atoms with Crippen molar-refractivity contribution in [2.24, 2.45) is 0 Å². The third-order valence-electron chi connectivity index (χ3n) is 6.71. The Bertz CT molecular complexity index is 1630. The summed E-state index contributed by atoms with van der Waals surface area (Å²) in [5.74, 6) is 2.00. The molecule has 0 N–H and O–H groups in total. The molecule has 0 fully saturated rings. The fraction of sp³-hybridized carbons (Fsp3) is 0.0312. The molecule has 0 radical (unpaired) electrons. The van der Waals surface area contributed by atoms with Gasteiger partial charge in [0.25, 0.3) is 0 Å². The van der Waals surface area contributed by atoms with E-state index in [0.717, 1.165) is 17.1 Å². The van der Waals surface area contributed by atoms with Crippen LogP contribution >= 0.6 is 11.8 Å². The van der Waals surface area contributed by atoms with Gasteiger partial charge < -0.3 is 0 Å². The SMILES string of the molecule is c1ccc(-c2cccc(-c3ccccc3)c2-c2ccc3c(c2)-n2c(nc4ccccc42)CS3)cc1. The number of thioether (sulfide) groups is 1. The third kappa shape index (κ3) is 3.39. The first-order valence-corrected chi connectivity index (χ1v) is 12.8. The fourth-order valence-corrected chi connectivity index (χ4v) is 6.07. The minimum atomic E-state index is 0.886. The second kappa shape index (κ2) is 8.30. The second-order valence-corrected chi connectivity index (χ2v) is 9.80. The third-order valence-corrected chi connectivity index (χ3v) is 7.77. The molecule has 3 heteroatoms. The number of fused-ring (bicyclic) bond motifs is 5. The Morgan fingerprint density at radius 2 is 1.26 bits per heavy atom. The topological polar surface area (TPSA) is 17.8 Å². The van der Waals surface area contributed by atoms with Crippen LogP contribution in [0, 0.1) is 0 Å². The minimum absolute atomic E-state index is 0.886. The normalized spacial score (nSPS) is 12.3. The average Bonchev–Trinajstić information content (AvgIpc) is 3.33. The molecule has 5 aromatic carbocycles. The van der Waals surface area contributed by atoms with Gasteiger partial charge in [-0.1, -0.05) is 97.1 Å². The zero-order valence-corrected chi connectivity index (χ0v) is 19.9. The van der Waals surface area contributed by atoms with Crippen LogP contribution in [0.1, 0.15) is 5.82 Å². The average molecular weight is 467 g/mol. The molecule has 166 valence electrons. The van der Waals surface area contributed by atoms with E-state index in [1.165, 1.54) is 49.5 Å². The first-order chi connectivity index (χ1) is 17.4. The first-order valence-electron chi connectivity index (χ1n) is 11.8. The number of aromatic nitrogens is 2. The Balaban J connectivity index is 1.51. The highest BCUT2D eigenvalue weighted by Crippen LogP contribution is 2.44. The standard InChI is InChI=1S/C32H22N2S/c1-3-10-22(11-4-1)25-14-9-15-26(23-12-5-2-6-13-23)32(25)24-18-19-30-29(20-24)34-28-17-8-7-16-27(28)33-31(34)21-35-30/h1-20H,21H2. The molecular weight excluding hydrogens is 444 g/mol. The molecule has 0 saturated carbocycles. The van der Waals surface area contributed by atoms with Gasteiger partial charge in [0.2, 0.25) is 0 Å². The van der Waals surface area contributed by atoms with E-state index in [1.54, 1.807) is 0 Å². The lowest BCUT2D eigenvalue weighted by Crippen LogP contribution is -2.06. The van der Waals surface area contributed by atoms with Gasteiger partial charge in [-0.2, -0.15) is 0 Å². The quantitative estimate of drug-likeness (QED) is 0.260. The van der Waals surface area contributed by atoms with Gasteiger partial charge in [0, 0.05) is 4.90 Å². The second-order valence-electron chi connectivity index (χ2n) is 8.78. The molecule has 7 rings (SSSR count). The summed E-state index contributed by atoms with van der Waals surface area (Å²) in [6.07, 6.45) is 0. The Morgan fingerprint density at radius 3 is 1.97 bits per heavy atom. The van der Waals surface area contributed by atoms with E-state index < -0.39 is 0 Å². The van der Waals surface area contributed by atoms with Crippen LogP contribution in [0.4, 0.5) is 0 Å². The highest BCUT2D eigenvalue weighted by molar-refractivity contribution is 7.98. The lowest BCUT2D eigenvalue weighted by molar-refractivity contribution is 0.946. The van der Waals surface area contributed by atoms with Crippen molar-refractivity contribution in [2.75, 3.05) is 0 Å². The van der Waals surface area contributed by atoms with Crippen molar-refractivity contribution in [1.82, 2.24) is 9.55 Å². The highest BCUT2D eigenvalue weighted by atomic mass is 32.2. The van der Waals surface area contributed by atoms with Gasteiger partial charge in [-0.3, -0.25) is 4.57 Å². The number of hydrogen-bond donors (Lipinski definition) is 0. The number of hydrogen-bond acceptors (Lipinski definition) is 2. The van der Waals surface area contributed by atoms with Crippen LogP contribution in [0.2, 0.25) is 0 Å². The van der Waals surface area contributed by atoms with Crippen LogP contribution in [0.5, 0.6) is 0 Å². The van der Waals surface area contributed by atoms with E-state index in [2.05, 4.69) is 126 Å². The number of rotatable bonds is 3. The van der Waals surface area contributed by atoms with Crippen LogP contribution in [-0.2, 0) is 5.75 Å². The van der Waals surface area contributed by atoms with Gasteiger partial charge in [0.15, 0.2) is 0 Å². The summed E-state index contributed by atoms with van der Waals surface area (Å²) in [4.78, 5) is 6.22. The van der Waals surface area contributed by atoms with Crippen LogP contribution < -0.4 is 0 Å². The van der Waals surface area contributed by atoms with Gasteiger partial charge >= 0.3 is 0 Å². The van der Waals surface area contributed by atoms with Crippen molar-refractivity contribution in [3.8, 4) is 39.1 Å². The molecule has 1 aliphatic rings. The van der Waals surface area contributed by atoms with Crippen molar-refractivity contribution >= 4 is 22.8 Å². The summed E-state index contributed by atoms with van der Waals surface area (Å²) in [6, 6.07) is 43.4. The molecule has 0 spiro atoms. The number of imidazole rings is 1. The molecule has 6 aromatic rings. The van der Waals surface area contributed by atoms with E-state index in [0.29, 0.717) is 0 Å². The van der Waals surface area contributed by atoms with Crippen molar-refractivity contribution in [3.05, 3.63) is 127 Å². The lowest BCUT2D eigenvalue weighted by Gasteiger charge is -2.22. The molecule has 1 aromatic heterocycles.